The van der Waals surface area contributed by atoms with E-state index in [0.29, 0.717) is 48.0 Å². The van der Waals surface area contributed by atoms with Crippen molar-refractivity contribution in [2.75, 3.05) is 23.0 Å². The molecule has 3 aromatic rings. The van der Waals surface area contributed by atoms with Crippen molar-refractivity contribution in [2.24, 2.45) is 0 Å². The summed E-state index contributed by atoms with van der Waals surface area (Å²) in [4.78, 5) is 17.1. The number of nitrogens with zero attached hydrogens (tertiary/aromatic N) is 1. The molecule has 1 aromatic heterocycles. The Morgan fingerprint density at radius 3 is 2.26 bits per heavy atom. The monoisotopic (exact) mass is 478 g/mol. The first-order chi connectivity index (χ1) is 16.1. The molecule has 2 aromatic carbocycles. The van der Waals surface area contributed by atoms with E-state index in [4.69, 9.17) is 0 Å². The summed E-state index contributed by atoms with van der Waals surface area (Å²) in [6.45, 7) is 2.26. The van der Waals surface area contributed by atoms with E-state index in [1.165, 1.54) is 12.1 Å². The van der Waals surface area contributed by atoms with Crippen LogP contribution in [0.2, 0.25) is 0 Å². The van der Waals surface area contributed by atoms with Crippen molar-refractivity contribution >= 4 is 23.1 Å². The van der Waals surface area contributed by atoms with Crippen LogP contribution in [0.15, 0.2) is 48.5 Å². The molecule has 0 saturated heterocycles. The summed E-state index contributed by atoms with van der Waals surface area (Å²) < 4.78 is 65.1. The number of halogens is 5. The zero-order valence-electron chi connectivity index (χ0n) is 18.5. The molecular formula is C24H23F5N4O. The second-order valence-corrected chi connectivity index (χ2v) is 7.50. The van der Waals surface area contributed by atoms with Crippen LogP contribution in [0.1, 0.15) is 29.3 Å². The summed E-state index contributed by atoms with van der Waals surface area (Å²) in [6, 6.07) is 10.1. The van der Waals surface area contributed by atoms with Crippen LogP contribution in [0.3, 0.4) is 0 Å². The number of hydrogen-bond acceptors (Lipinski definition) is 4. The highest BCUT2D eigenvalue weighted by Crippen LogP contribution is 2.32. The van der Waals surface area contributed by atoms with Gasteiger partial charge in [0.15, 0.2) is 0 Å². The van der Waals surface area contributed by atoms with E-state index >= 15 is 0 Å². The first kappa shape index (κ1) is 24.9. The lowest BCUT2D eigenvalue weighted by Gasteiger charge is -2.17. The van der Waals surface area contributed by atoms with Crippen molar-refractivity contribution in [3.8, 4) is 0 Å². The number of benzene rings is 2. The molecule has 5 nitrogen and oxygen atoms in total. The predicted molar refractivity (Wildman–Crippen MR) is 121 cm³/mol. The van der Waals surface area contributed by atoms with Gasteiger partial charge < -0.3 is 16.0 Å². The number of carbonyl (C=O) groups is 1. The lowest BCUT2D eigenvalue weighted by Crippen LogP contribution is -2.18. The molecule has 0 spiro atoms. The summed E-state index contributed by atoms with van der Waals surface area (Å²) in [5.41, 5.74) is 1.15. The lowest BCUT2D eigenvalue weighted by molar-refractivity contribution is -0.140. The van der Waals surface area contributed by atoms with Gasteiger partial charge in [-0.2, -0.15) is 13.2 Å². The van der Waals surface area contributed by atoms with Gasteiger partial charge in [-0.25, -0.2) is 13.8 Å². The quantitative estimate of drug-likeness (QED) is 0.360. The van der Waals surface area contributed by atoms with Gasteiger partial charge in [0.1, 0.15) is 17.5 Å². The van der Waals surface area contributed by atoms with Crippen molar-refractivity contribution in [1.82, 2.24) is 4.98 Å². The minimum Gasteiger partial charge on any atom is -0.386 e. The molecule has 0 saturated carbocycles. The summed E-state index contributed by atoms with van der Waals surface area (Å²) in [6.07, 6.45) is -4.64. The fourth-order valence-corrected chi connectivity index (χ4v) is 3.34. The molecule has 0 bridgehead atoms. The minimum absolute atomic E-state index is 0.109. The molecule has 34 heavy (non-hydrogen) atoms. The topological polar surface area (TPSA) is 66.1 Å². The fourth-order valence-electron chi connectivity index (χ4n) is 3.34. The highest BCUT2D eigenvalue weighted by atomic mass is 19.4. The van der Waals surface area contributed by atoms with E-state index in [9.17, 15) is 26.7 Å². The van der Waals surface area contributed by atoms with E-state index in [-0.39, 0.29) is 17.8 Å². The highest BCUT2D eigenvalue weighted by molar-refractivity contribution is 5.96. The number of alkyl halides is 3. The highest BCUT2D eigenvalue weighted by Gasteiger charge is 2.34. The zero-order valence-corrected chi connectivity index (χ0v) is 18.5. The molecule has 0 atom stereocenters. The van der Waals surface area contributed by atoms with Gasteiger partial charge in [0.25, 0.3) is 0 Å². The van der Waals surface area contributed by atoms with Crippen LogP contribution < -0.4 is 16.0 Å². The van der Waals surface area contributed by atoms with Crippen LogP contribution in [-0.4, -0.2) is 17.9 Å². The Hall–Kier alpha value is -3.69. The number of amides is 1. The standard InChI is InChI=1S/C24H23F5N4O/c1-3-19-23(33-22(34)11-15-6-9-17(18(26)10-15)24(27,28)29)20(30-2)12-21(32-19)31-13-14-4-7-16(25)8-5-14/h4-10,12H,3,11,13H2,1-2H3,(H,33,34)(H2,30,31,32). The summed E-state index contributed by atoms with van der Waals surface area (Å²) in [5, 5.41) is 8.87. The normalized spacial score (nSPS) is 11.3. The van der Waals surface area contributed by atoms with Gasteiger partial charge in [0.05, 0.1) is 29.1 Å². The first-order valence-corrected chi connectivity index (χ1v) is 10.5. The summed E-state index contributed by atoms with van der Waals surface area (Å²) in [7, 11) is 1.67. The van der Waals surface area contributed by atoms with Crippen LogP contribution in [0.5, 0.6) is 0 Å². The number of hydrogen-bond donors (Lipinski definition) is 3. The Morgan fingerprint density at radius 1 is 1.00 bits per heavy atom. The molecule has 0 radical (unpaired) electrons. The predicted octanol–water partition coefficient (Wildman–Crippen LogP) is 5.78. The molecule has 0 aliphatic rings. The van der Waals surface area contributed by atoms with Crippen LogP contribution in [-0.2, 0) is 30.4 Å². The summed E-state index contributed by atoms with van der Waals surface area (Å²) in [5.74, 6) is -1.75. The van der Waals surface area contributed by atoms with Crippen molar-refractivity contribution in [1.29, 1.82) is 0 Å². The smallest absolute Gasteiger partial charge is 0.386 e. The Morgan fingerprint density at radius 2 is 1.68 bits per heavy atom. The number of pyridine rings is 1. The number of carbonyl (C=O) groups excluding carboxylic acids is 1. The fraction of sp³-hybridized carbons (Fsp3) is 0.250. The lowest BCUT2D eigenvalue weighted by atomic mass is 10.1. The Balaban J connectivity index is 1.74. The Bertz CT molecular complexity index is 1140. The summed E-state index contributed by atoms with van der Waals surface area (Å²) >= 11 is 0. The van der Waals surface area contributed by atoms with Gasteiger partial charge in [0, 0.05) is 19.7 Å². The third kappa shape index (κ3) is 6.21. The molecule has 0 unspecified atom stereocenters. The van der Waals surface area contributed by atoms with Crippen molar-refractivity contribution in [2.45, 2.75) is 32.5 Å². The molecule has 10 heteroatoms. The molecule has 1 amide bonds. The van der Waals surface area contributed by atoms with E-state index in [0.717, 1.165) is 11.6 Å². The van der Waals surface area contributed by atoms with Crippen LogP contribution in [0, 0.1) is 11.6 Å². The van der Waals surface area contributed by atoms with Crippen molar-refractivity contribution in [3.05, 3.63) is 82.5 Å². The van der Waals surface area contributed by atoms with Gasteiger partial charge in [0.2, 0.25) is 5.91 Å². The zero-order chi connectivity index (χ0) is 24.9. The van der Waals surface area contributed by atoms with Gasteiger partial charge >= 0.3 is 6.18 Å². The average molecular weight is 478 g/mol. The Labute approximate surface area is 193 Å². The number of aryl methyl sites for hydroxylation is 1. The van der Waals surface area contributed by atoms with E-state index < -0.39 is 23.5 Å². The number of aromatic nitrogens is 1. The molecule has 0 aliphatic carbocycles. The van der Waals surface area contributed by atoms with E-state index in [1.54, 1.807) is 25.2 Å². The molecule has 3 N–H and O–H groups in total. The van der Waals surface area contributed by atoms with Crippen LogP contribution >= 0.6 is 0 Å². The second kappa shape index (κ2) is 10.5. The minimum atomic E-state index is -4.80. The third-order valence-corrected chi connectivity index (χ3v) is 5.05. The SMILES string of the molecule is CCc1nc(NCc2ccc(F)cc2)cc(NC)c1NC(=O)Cc1ccc(C(F)(F)F)c(F)c1. The number of anilines is 3. The Kier molecular flexibility index (Phi) is 7.70. The molecule has 0 aliphatic heterocycles. The average Bonchev–Trinajstić information content (AvgIpc) is 2.78. The largest absolute Gasteiger partial charge is 0.419 e. The molecular weight excluding hydrogens is 455 g/mol. The van der Waals surface area contributed by atoms with Gasteiger partial charge in [-0.15, -0.1) is 0 Å². The van der Waals surface area contributed by atoms with Gasteiger partial charge in [-0.3, -0.25) is 4.79 Å². The molecule has 0 fully saturated rings. The number of rotatable bonds is 8. The van der Waals surface area contributed by atoms with Crippen LogP contribution in [0.25, 0.3) is 0 Å². The van der Waals surface area contributed by atoms with Gasteiger partial charge in [-0.1, -0.05) is 25.1 Å². The third-order valence-electron chi connectivity index (χ3n) is 5.05. The maximum Gasteiger partial charge on any atom is 0.419 e. The molecule has 3 rings (SSSR count). The van der Waals surface area contributed by atoms with E-state index in [1.807, 2.05) is 6.92 Å². The van der Waals surface area contributed by atoms with Crippen LogP contribution in [0.4, 0.5) is 39.1 Å². The van der Waals surface area contributed by atoms with Crippen molar-refractivity contribution < 1.29 is 26.7 Å². The van der Waals surface area contributed by atoms with Crippen molar-refractivity contribution in [3.63, 3.8) is 0 Å². The first-order valence-electron chi connectivity index (χ1n) is 10.5. The van der Waals surface area contributed by atoms with E-state index in [2.05, 4.69) is 20.9 Å². The van der Waals surface area contributed by atoms with Gasteiger partial charge in [-0.05, 0) is 41.8 Å². The molecule has 1 heterocycles. The maximum atomic E-state index is 13.8. The number of nitrogens with one attached hydrogen (secondary N) is 3. The second-order valence-electron chi connectivity index (χ2n) is 7.50. The molecule has 180 valence electrons. The maximum absolute atomic E-state index is 13.8.